The predicted molar refractivity (Wildman–Crippen MR) is 137 cm³/mol. The minimum atomic E-state index is -0.639. The van der Waals surface area contributed by atoms with E-state index in [-0.39, 0.29) is 40.7 Å². The topological polar surface area (TPSA) is 82.4 Å². The minimum Gasteiger partial charge on any atom is -0.508 e. The third-order valence-corrected chi connectivity index (χ3v) is 7.20. The van der Waals surface area contributed by atoms with Gasteiger partial charge < -0.3 is 15.1 Å². The van der Waals surface area contributed by atoms with Gasteiger partial charge in [-0.15, -0.1) is 0 Å². The number of anilines is 1. The molecular formula is C28H30F2N4O2. The molecule has 1 saturated heterocycles. The summed E-state index contributed by atoms with van der Waals surface area (Å²) in [5.41, 5.74) is 0.640. The lowest BCUT2D eigenvalue weighted by Gasteiger charge is -2.24. The Hall–Kier alpha value is -3.39. The van der Waals surface area contributed by atoms with E-state index < -0.39 is 5.82 Å². The maximum absolute atomic E-state index is 16.3. The average Bonchev–Trinajstić information content (AvgIpc) is 3.26. The molecule has 1 aliphatic heterocycles. The summed E-state index contributed by atoms with van der Waals surface area (Å²) in [6, 6.07) is 5.91. The number of aryl methyl sites for hydroxylation is 1. The maximum atomic E-state index is 16.3. The van der Waals surface area contributed by atoms with Crippen molar-refractivity contribution < 1.29 is 19.0 Å². The van der Waals surface area contributed by atoms with Crippen molar-refractivity contribution >= 4 is 27.5 Å². The lowest BCUT2D eigenvalue weighted by molar-refractivity contribution is 0.162. The number of phenols is 1. The van der Waals surface area contributed by atoms with E-state index in [9.17, 15) is 14.6 Å². The summed E-state index contributed by atoms with van der Waals surface area (Å²) in [7, 11) is 0. The summed E-state index contributed by atoms with van der Waals surface area (Å²) >= 11 is 0. The van der Waals surface area contributed by atoms with E-state index in [1.54, 1.807) is 18.3 Å². The number of aliphatic hydroxyl groups is 1. The first-order chi connectivity index (χ1) is 17.2. The molecule has 0 aliphatic carbocycles. The average molecular weight is 493 g/mol. The van der Waals surface area contributed by atoms with Gasteiger partial charge in [0.2, 0.25) is 0 Å². The maximum Gasteiger partial charge on any atom is 0.175 e. The number of halogens is 2. The van der Waals surface area contributed by atoms with Crippen LogP contribution >= 0.6 is 0 Å². The van der Waals surface area contributed by atoms with Gasteiger partial charge >= 0.3 is 0 Å². The van der Waals surface area contributed by atoms with Gasteiger partial charge in [0.05, 0.1) is 12.0 Å². The summed E-state index contributed by atoms with van der Waals surface area (Å²) in [5.74, 6) is -0.0178. The molecule has 36 heavy (non-hydrogen) atoms. The highest BCUT2D eigenvalue weighted by atomic mass is 19.1. The molecule has 2 aromatic carbocycles. The van der Waals surface area contributed by atoms with Gasteiger partial charge in [-0.25, -0.2) is 18.7 Å². The van der Waals surface area contributed by atoms with Crippen LogP contribution < -0.4 is 4.90 Å². The van der Waals surface area contributed by atoms with Crippen LogP contribution in [0.3, 0.4) is 0 Å². The van der Waals surface area contributed by atoms with Crippen LogP contribution in [0, 0.1) is 17.0 Å². The second-order valence-electron chi connectivity index (χ2n) is 10.4. The molecule has 6 nitrogen and oxygen atoms in total. The van der Waals surface area contributed by atoms with Gasteiger partial charge in [0.25, 0.3) is 0 Å². The molecule has 0 bridgehead atoms. The van der Waals surface area contributed by atoms with Crippen molar-refractivity contribution in [3.8, 4) is 17.0 Å². The van der Waals surface area contributed by atoms with Gasteiger partial charge in [0.15, 0.2) is 5.82 Å². The highest BCUT2D eigenvalue weighted by molar-refractivity contribution is 6.01. The minimum absolute atomic E-state index is 0.00433. The van der Waals surface area contributed by atoms with E-state index in [1.807, 2.05) is 27.7 Å². The van der Waals surface area contributed by atoms with Crippen molar-refractivity contribution in [2.24, 2.45) is 5.41 Å². The quantitative estimate of drug-likeness (QED) is 0.371. The van der Waals surface area contributed by atoms with Crippen molar-refractivity contribution in [1.82, 2.24) is 15.0 Å². The highest BCUT2D eigenvalue weighted by Gasteiger charge is 2.35. The summed E-state index contributed by atoms with van der Waals surface area (Å²) in [6.45, 7) is 9.09. The van der Waals surface area contributed by atoms with Crippen molar-refractivity contribution in [1.29, 1.82) is 0 Å². The lowest BCUT2D eigenvalue weighted by atomic mass is 9.91. The lowest BCUT2D eigenvalue weighted by Crippen LogP contribution is -2.28. The Kier molecular flexibility index (Phi) is 6.03. The van der Waals surface area contributed by atoms with Crippen LogP contribution in [0.1, 0.15) is 51.4 Å². The molecule has 1 unspecified atom stereocenters. The van der Waals surface area contributed by atoms with Crippen molar-refractivity contribution in [2.75, 3.05) is 24.6 Å². The first-order valence-corrected chi connectivity index (χ1v) is 12.3. The van der Waals surface area contributed by atoms with Crippen molar-refractivity contribution in [3.05, 3.63) is 53.5 Å². The molecule has 2 N–H and O–H groups in total. The fourth-order valence-electron chi connectivity index (χ4n) is 5.11. The Balaban J connectivity index is 1.78. The second-order valence-corrected chi connectivity index (χ2v) is 10.4. The largest absolute Gasteiger partial charge is 0.508 e. The van der Waals surface area contributed by atoms with Gasteiger partial charge in [-0.1, -0.05) is 33.8 Å². The monoisotopic (exact) mass is 492 g/mol. The Labute approximate surface area is 208 Å². The summed E-state index contributed by atoms with van der Waals surface area (Å²) in [5, 5.41) is 21.8. The molecule has 1 fully saturated rings. The molecule has 1 aliphatic rings. The Bertz CT molecular complexity index is 1490. The van der Waals surface area contributed by atoms with Crippen LogP contribution in [0.4, 0.5) is 14.6 Å². The number of phenolic OH excluding ortho intramolecular Hbond substituents is 1. The molecule has 0 spiro atoms. The number of fused-ring (bicyclic) bond motifs is 2. The fourth-order valence-corrected chi connectivity index (χ4v) is 5.11. The first kappa shape index (κ1) is 24.3. The van der Waals surface area contributed by atoms with E-state index in [2.05, 4.69) is 14.9 Å². The standard InChI is InChI=1S/C28H30F2N4O2/c1-5-18-21(29)7-6-16-10-17(36)11-19(22(16)18)24-23(30)25-20(12-31-24)27(33-26(32-25)15(2)3)34-9-8-28(4,13-34)14-35/h6-7,10-12,15,35-36H,5,8-9,13-14H2,1-4H3. The van der Waals surface area contributed by atoms with Crippen molar-refractivity contribution in [3.63, 3.8) is 0 Å². The van der Waals surface area contributed by atoms with E-state index in [0.29, 0.717) is 58.4 Å². The van der Waals surface area contributed by atoms with Crippen LogP contribution in [-0.4, -0.2) is 44.9 Å². The third-order valence-electron chi connectivity index (χ3n) is 7.20. The molecule has 0 saturated carbocycles. The first-order valence-electron chi connectivity index (χ1n) is 12.3. The van der Waals surface area contributed by atoms with E-state index in [1.165, 1.54) is 12.1 Å². The molecular weight excluding hydrogens is 462 g/mol. The number of rotatable bonds is 5. The molecule has 5 rings (SSSR count). The number of hydrogen-bond donors (Lipinski definition) is 2. The Morgan fingerprint density at radius 2 is 1.94 bits per heavy atom. The Morgan fingerprint density at radius 1 is 1.17 bits per heavy atom. The molecule has 1 atom stereocenters. The van der Waals surface area contributed by atoms with Gasteiger partial charge in [-0.05, 0) is 47.4 Å². The number of aromatic hydroxyl groups is 1. The SMILES string of the molecule is CCc1c(F)ccc2cc(O)cc(-c3ncc4c(N5CCC(C)(CO)C5)nc(C(C)C)nc4c3F)c12. The summed E-state index contributed by atoms with van der Waals surface area (Å²) < 4.78 is 31.0. The van der Waals surface area contributed by atoms with Crippen LogP contribution in [0.15, 0.2) is 30.5 Å². The van der Waals surface area contributed by atoms with Crippen LogP contribution in [0.2, 0.25) is 0 Å². The van der Waals surface area contributed by atoms with Gasteiger partial charge in [0.1, 0.15) is 34.4 Å². The molecule has 0 amide bonds. The number of aromatic nitrogens is 3. The van der Waals surface area contributed by atoms with Gasteiger partial charge in [0, 0.05) is 36.2 Å². The smallest absolute Gasteiger partial charge is 0.175 e. The molecule has 188 valence electrons. The molecule has 3 heterocycles. The van der Waals surface area contributed by atoms with Crippen LogP contribution in [0.5, 0.6) is 5.75 Å². The van der Waals surface area contributed by atoms with Gasteiger partial charge in [-0.2, -0.15) is 0 Å². The molecule has 8 heteroatoms. The van der Waals surface area contributed by atoms with E-state index in [4.69, 9.17) is 4.98 Å². The summed E-state index contributed by atoms with van der Waals surface area (Å²) in [6.07, 6.45) is 2.75. The van der Waals surface area contributed by atoms with E-state index in [0.717, 1.165) is 6.42 Å². The molecule has 4 aromatic rings. The molecule has 0 radical (unpaired) electrons. The fraction of sp³-hybridized carbons (Fsp3) is 0.393. The number of nitrogens with zero attached hydrogens (tertiary/aromatic N) is 4. The van der Waals surface area contributed by atoms with Crippen LogP contribution in [-0.2, 0) is 6.42 Å². The van der Waals surface area contributed by atoms with E-state index >= 15 is 4.39 Å². The second kappa shape index (κ2) is 8.92. The number of hydrogen-bond acceptors (Lipinski definition) is 6. The zero-order valence-electron chi connectivity index (χ0n) is 20.9. The normalized spacial score (nSPS) is 18.2. The van der Waals surface area contributed by atoms with Crippen LogP contribution in [0.25, 0.3) is 32.9 Å². The zero-order chi connectivity index (χ0) is 25.8. The number of benzene rings is 2. The summed E-state index contributed by atoms with van der Waals surface area (Å²) in [4.78, 5) is 15.9. The zero-order valence-corrected chi connectivity index (χ0v) is 20.9. The third kappa shape index (κ3) is 3.93. The highest BCUT2D eigenvalue weighted by Crippen LogP contribution is 2.40. The predicted octanol–water partition coefficient (Wildman–Crippen LogP) is 5.72. The van der Waals surface area contributed by atoms with Crippen molar-refractivity contribution in [2.45, 2.75) is 46.5 Å². The number of pyridine rings is 1. The van der Waals surface area contributed by atoms with Gasteiger partial charge in [-0.3, -0.25) is 4.98 Å². The number of aliphatic hydroxyl groups excluding tert-OH is 1. The Morgan fingerprint density at radius 3 is 2.61 bits per heavy atom. The molecule has 2 aromatic heterocycles.